The van der Waals surface area contributed by atoms with Gasteiger partial charge in [0.2, 0.25) is 0 Å². The monoisotopic (exact) mass is 237 g/mol. The lowest BCUT2D eigenvalue weighted by Gasteiger charge is -2.46. The van der Waals surface area contributed by atoms with Crippen molar-refractivity contribution in [3.8, 4) is 12.3 Å². The molecule has 1 unspecified atom stereocenters. The molecular formula is C13H19NO3. The molecule has 2 aliphatic rings. The molecule has 2 fully saturated rings. The van der Waals surface area contributed by atoms with Crippen LogP contribution in [0.15, 0.2) is 0 Å². The summed E-state index contributed by atoms with van der Waals surface area (Å²) < 4.78 is 11.0. The van der Waals surface area contributed by atoms with Gasteiger partial charge in [0, 0.05) is 5.92 Å². The fourth-order valence-corrected chi connectivity index (χ4v) is 2.28. The van der Waals surface area contributed by atoms with Crippen LogP contribution in [0.25, 0.3) is 0 Å². The van der Waals surface area contributed by atoms with Gasteiger partial charge < -0.3 is 14.4 Å². The number of ether oxygens (including phenoxy) is 2. The second-order valence-electron chi connectivity index (χ2n) is 5.90. The van der Waals surface area contributed by atoms with Crippen molar-refractivity contribution in [2.24, 2.45) is 5.92 Å². The van der Waals surface area contributed by atoms with E-state index in [9.17, 15) is 4.79 Å². The van der Waals surface area contributed by atoms with E-state index in [-0.39, 0.29) is 17.6 Å². The highest BCUT2D eigenvalue weighted by atomic mass is 16.6. The predicted molar refractivity (Wildman–Crippen MR) is 63.4 cm³/mol. The maximum atomic E-state index is 11.7. The van der Waals surface area contributed by atoms with Crippen LogP contribution in [0.1, 0.15) is 27.2 Å². The zero-order chi connectivity index (χ0) is 12.7. The van der Waals surface area contributed by atoms with Gasteiger partial charge in [0.05, 0.1) is 19.7 Å². The third-order valence-corrected chi connectivity index (χ3v) is 3.05. The number of carbonyl (C=O) groups is 1. The summed E-state index contributed by atoms with van der Waals surface area (Å²) in [4.78, 5) is 13.4. The smallest absolute Gasteiger partial charge is 0.410 e. The zero-order valence-electron chi connectivity index (χ0n) is 10.7. The Morgan fingerprint density at radius 1 is 1.53 bits per heavy atom. The first-order chi connectivity index (χ1) is 7.84. The SMILES string of the molecule is C#CC1COC2(C1)CN(C(=O)OC(C)(C)C)C2. The summed E-state index contributed by atoms with van der Waals surface area (Å²) in [6, 6.07) is 0. The number of nitrogens with zero attached hydrogens (tertiary/aromatic N) is 1. The second-order valence-corrected chi connectivity index (χ2v) is 5.90. The summed E-state index contributed by atoms with van der Waals surface area (Å²) in [5, 5.41) is 0. The average molecular weight is 237 g/mol. The molecule has 17 heavy (non-hydrogen) atoms. The van der Waals surface area contributed by atoms with Crippen molar-refractivity contribution in [2.45, 2.75) is 38.4 Å². The number of hydrogen-bond donors (Lipinski definition) is 0. The Balaban J connectivity index is 1.83. The summed E-state index contributed by atoms with van der Waals surface area (Å²) >= 11 is 0. The van der Waals surface area contributed by atoms with Gasteiger partial charge in [-0.25, -0.2) is 4.79 Å². The third kappa shape index (κ3) is 2.55. The topological polar surface area (TPSA) is 38.8 Å². The molecule has 0 aromatic heterocycles. The van der Waals surface area contributed by atoms with Gasteiger partial charge in [-0.15, -0.1) is 12.3 Å². The minimum absolute atomic E-state index is 0.191. The van der Waals surface area contributed by atoms with E-state index in [0.717, 1.165) is 6.42 Å². The molecule has 0 N–H and O–H groups in total. The van der Waals surface area contributed by atoms with Gasteiger partial charge in [-0.1, -0.05) is 0 Å². The van der Waals surface area contributed by atoms with E-state index in [4.69, 9.17) is 15.9 Å². The quantitative estimate of drug-likeness (QED) is 0.601. The molecule has 0 aromatic rings. The normalized spacial score (nSPS) is 26.5. The molecule has 0 saturated carbocycles. The summed E-state index contributed by atoms with van der Waals surface area (Å²) in [6.07, 6.45) is 5.96. The van der Waals surface area contributed by atoms with Crippen molar-refractivity contribution in [1.29, 1.82) is 0 Å². The number of amides is 1. The Morgan fingerprint density at radius 3 is 2.65 bits per heavy atom. The maximum absolute atomic E-state index is 11.7. The first-order valence-electron chi connectivity index (χ1n) is 5.92. The van der Waals surface area contributed by atoms with Gasteiger partial charge in [0.15, 0.2) is 0 Å². The van der Waals surface area contributed by atoms with Crippen molar-refractivity contribution < 1.29 is 14.3 Å². The Kier molecular flexibility index (Phi) is 2.82. The summed E-state index contributed by atoms with van der Waals surface area (Å²) in [5.41, 5.74) is -0.647. The van der Waals surface area contributed by atoms with E-state index in [0.29, 0.717) is 19.7 Å². The fourth-order valence-electron chi connectivity index (χ4n) is 2.28. The van der Waals surface area contributed by atoms with Crippen LogP contribution in [-0.2, 0) is 9.47 Å². The molecule has 94 valence electrons. The Labute approximate surface area is 102 Å². The van der Waals surface area contributed by atoms with Crippen molar-refractivity contribution in [2.75, 3.05) is 19.7 Å². The zero-order valence-corrected chi connectivity index (χ0v) is 10.7. The molecule has 1 amide bonds. The Hall–Kier alpha value is -1.21. The summed E-state index contributed by atoms with van der Waals surface area (Å²) in [6.45, 7) is 7.39. The molecule has 0 aromatic carbocycles. The van der Waals surface area contributed by atoms with Crippen LogP contribution in [-0.4, -0.2) is 41.9 Å². The van der Waals surface area contributed by atoms with Crippen LogP contribution >= 0.6 is 0 Å². The molecule has 0 aliphatic carbocycles. The number of rotatable bonds is 0. The van der Waals surface area contributed by atoms with Gasteiger partial charge in [0.1, 0.15) is 11.2 Å². The average Bonchev–Trinajstić information content (AvgIpc) is 2.56. The van der Waals surface area contributed by atoms with E-state index in [1.807, 2.05) is 20.8 Å². The van der Waals surface area contributed by atoms with Crippen LogP contribution in [0.4, 0.5) is 4.79 Å². The molecule has 4 nitrogen and oxygen atoms in total. The van der Waals surface area contributed by atoms with Crippen LogP contribution in [0.5, 0.6) is 0 Å². The van der Waals surface area contributed by atoms with E-state index >= 15 is 0 Å². The molecule has 0 radical (unpaired) electrons. The first-order valence-corrected chi connectivity index (χ1v) is 5.92. The van der Waals surface area contributed by atoms with Gasteiger partial charge in [-0.2, -0.15) is 0 Å². The Bertz CT molecular complexity index is 358. The fraction of sp³-hybridized carbons (Fsp3) is 0.769. The number of hydrogen-bond acceptors (Lipinski definition) is 3. The van der Waals surface area contributed by atoms with Crippen molar-refractivity contribution in [1.82, 2.24) is 4.90 Å². The molecular weight excluding hydrogens is 218 g/mol. The maximum Gasteiger partial charge on any atom is 0.410 e. The second kappa shape index (κ2) is 3.92. The summed E-state index contributed by atoms with van der Waals surface area (Å²) in [5.74, 6) is 2.90. The van der Waals surface area contributed by atoms with Crippen molar-refractivity contribution in [3.63, 3.8) is 0 Å². The van der Waals surface area contributed by atoms with Crippen LogP contribution in [0.3, 0.4) is 0 Å². The highest BCUT2D eigenvalue weighted by Gasteiger charge is 2.51. The van der Waals surface area contributed by atoms with E-state index in [1.165, 1.54) is 0 Å². The summed E-state index contributed by atoms with van der Waals surface area (Å²) in [7, 11) is 0. The third-order valence-electron chi connectivity index (χ3n) is 3.05. The van der Waals surface area contributed by atoms with Crippen molar-refractivity contribution in [3.05, 3.63) is 0 Å². The van der Waals surface area contributed by atoms with Crippen LogP contribution < -0.4 is 0 Å². The van der Waals surface area contributed by atoms with Crippen molar-refractivity contribution >= 4 is 6.09 Å². The Morgan fingerprint density at radius 2 is 2.18 bits per heavy atom. The first kappa shape index (κ1) is 12.3. The van der Waals surface area contributed by atoms with Gasteiger partial charge in [0.25, 0.3) is 0 Å². The minimum Gasteiger partial charge on any atom is -0.444 e. The molecule has 1 spiro atoms. The molecule has 0 bridgehead atoms. The number of carbonyl (C=O) groups excluding carboxylic acids is 1. The molecule has 2 saturated heterocycles. The van der Waals surface area contributed by atoms with Gasteiger partial charge in [-0.3, -0.25) is 0 Å². The lowest BCUT2D eigenvalue weighted by Crippen LogP contribution is -2.63. The van der Waals surface area contributed by atoms with Crippen LogP contribution in [0, 0.1) is 18.3 Å². The van der Waals surface area contributed by atoms with Crippen LogP contribution in [0.2, 0.25) is 0 Å². The van der Waals surface area contributed by atoms with E-state index in [1.54, 1.807) is 4.90 Å². The molecule has 2 aliphatic heterocycles. The molecule has 2 rings (SSSR count). The number of likely N-dealkylation sites (tertiary alicyclic amines) is 1. The van der Waals surface area contributed by atoms with Gasteiger partial charge in [-0.05, 0) is 27.2 Å². The lowest BCUT2D eigenvalue weighted by atomic mass is 9.88. The standard InChI is InChI=1S/C13H19NO3/c1-5-10-6-13(16-7-10)8-14(9-13)11(15)17-12(2,3)4/h1,10H,6-9H2,2-4H3. The predicted octanol–water partition coefficient (Wildman–Crippen LogP) is 1.65. The molecule has 2 heterocycles. The van der Waals surface area contributed by atoms with Gasteiger partial charge >= 0.3 is 6.09 Å². The molecule has 4 heteroatoms. The lowest BCUT2D eigenvalue weighted by molar-refractivity contribution is -0.109. The van der Waals surface area contributed by atoms with E-state index in [2.05, 4.69) is 5.92 Å². The largest absolute Gasteiger partial charge is 0.444 e. The number of terminal acetylenes is 1. The highest BCUT2D eigenvalue weighted by Crippen LogP contribution is 2.38. The highest BCUT2D eigenvalue weighted by molar-refractivity contribution is 5.69. The van der Waals surface area contributed by atoms with E-state index < -0.39 is 5.60 Å². The molecule has 1 atom stereocenters. The minimum atomic E-state index is -0.447.